The average Bonchev–Trinajstić information content (AvgIpc) is 3.00. The second-order valence-electron chi connectivity index (χ2n) is 5.30. The topological polar surface area (TPSA) is 48.4 Å². The molecule has 0 aliphatic rings. The van der Waals surface area contributed by atoms with E-state index in [1.54, 1.807) is 19.6 Å². The molecule has 108 valence electrons. The fraction of sp³-hybridized carbons (Fsp3) is 0.222. The third kappa shape index (κ3) is 3.09. The Hall–Kier alpha value is -2.26. The van der Waals surface area contributed by atoms with Gasteiger partial charge in [-0.1, -0.05) is 24.3 Å². The van der Waals surface area contributed by atoms with Crippen molar-refractivity contribution < 1.29 is 9.15 Å². The minimum absolute atomic E-state index is 0.0689. The van der Waals surface area contributed by atoms with Crippen molar-refractivity contribution >= 4 is 10.8 Å². The maximum atomic E-state index is 6.29. The minimum atomic E-state index is 0.0689. The predicted octanol–water partition coefficient (Wildman–Crippen LogP) is 3.55. The summed E-state index contributed by atoms with van der Waals surface area (Å²) in [7, 11) is 1.69. The van der Waals surface area contributed by atoms with Gasteiger partial charge in [-0.25, -0.2) is 0 Å². The normalized spacial score (nSPS) is 12.5. The van der Waals surface area contributed by atoms with Gasteiger partial charge in [0.05, 0.1) is 19.6 Å². The largest absolute Gasteiger partial charge is 0.497 e. The Morgan fingerprint density at radius 2 is 2.05 bits per heavy atom. The van der Waals surface area contributed by atoms with Gasteiger partial charge in [-0.15, -0.1) is 0 Å². The summed E-state index contributed by atoms with van der Waals surface area (Å²) >= 11 is 0. The van der Waals surface area contributed by atoms with Crippen molar-refractivity contribution in [2.75, 3.05) is 7.11 Å². The molecule has 0 bridgehead atoms. The van der Waals surface area contributed by atoms with Crippen LogP contribution >= 0.6 is 0 Å². The summed E-state index contributed by atoms with van der Waals surface area (Å²) in [5.74, 6) is 0.873. The Balaban J connectivity index is 1.85. The van der Waals surface area contributed by atoms with Gasteiger partial charge >= 0.3 is 0 Å². The number of methoxy groups -OCH3 is 1. The van der Waals surface area contributed by atoms with Crippen molar-refractivity contribution in [2.45, 2.75) is 18.9 Å². The van der Waals surface area contributed by atoms with Crippen LogP contribution in [0.3, 0.4) is 0 Å². The van der Waals surface area contributed by atoms with E-state index in [1.807, 2.05) is 12.1 Å². The monoisotopic (exact) mass is 281 g/mol. The van der Waals surface area contributed by atoms with Gasteiger partial charge in [0.15, 0.2) is 0 Å². The Bertz CT molecular complexity index is 719. The number of fused-ring (bicyclic) bond motifs is 1. The fourth-order valence-corrected chi connectivity index (χ4v) is 2.69. The van der Waals surface area contributed by atoms with E-state index in [9.17, 15) is 0 Å². The van der Waals surface area contributed by atoms with Gasteiger partial charge < -0.3 is 14.9 Å². The first-order valence-electron chi connectivity index (χ1n) is 7.08. The van der Waals surface area contributed by atoms with Crippen LogP contribution < -0.4 is 10.5 Å². The number of ether oxygens (including phenoxy) is 1. The third-order valence-corrected chi connectivity index (χ3v) is 3.74. The lowest BCUT2D eigenvalue weighted by Crippen LogP contribution is -2.25. The van der Waals surface area contributed by atoms with Crippen molar-refractivity contribution in [1.82, 2.24) is 0 Å². The van der Waals surface area contributed by atoms with Crippen molar-refractivity contribution in [2.24, 2.45) is 5.73 Å². The minimum Gasteiger partial charge on any atom is -0.497 e. The number of rotatable bonds is 5. The summed E-state index contributed by atoms with van der Waals surface area (Å²) in [6, 6.07) is 14.5. The Morgan fingerprint density at radius 1 is 1.14 bits per heavy atom. The van der Waals surface area contributed by atoms with Crippen molar-refractivity contribution in [1.29, 1.82) is 0 Å². The third-order valence-electron chi connectivity index (χ3n) is 3.74. The second-order valence-corrected chi connectivity index (χ2v) is 5.30. The average molecular weight is 281 g/mol. The molecule has 3 aromatic rings. The van der Waals surface area contributed by atoms with Crippen molar-refractivity contribution in [3.8, 4) is 5.75 Å². The Kier molecular flexibility index (Phi) is 3.93. The van der Waals surface area contributed by atoms with Crippen LogP contribution in [-0.2, 0) is 12.8 Å². The van der Waals surface area contributed by atoms with E-state index in [1.165, 1.54) is 16.3 Å². The zero-order valence-corrected chi connectivity index (χ0v) is 12.1. The second kappa shape index (κ2) is 6.02. The highest BCUT2D eigenvalue weighted by molar-refractivity contribution is 5.87. The standard InChI is InChI=1S/C18H19NO2/c1-20-17-6-5-14-3-2-4-15(18(14)11-17)10-16(19)9-13-7-8-21-12-13/h2-8,11-12,16H,9-10,19H2,1H3. The van der Waals surface area contributed by atoms with E-state index in [0.717, 1.165) is 24.2 Å². The van der Waals surface area contributed by atoms with E-state index < -0.39 is 0 Å². The molecular weight excluding hydrogens is 262 g/mol. The molecule has 3 nitrogen and oxygen atoms in total. The molecule has 0 saturated heterocycles. The van der Waals surface area contributed by atoms with Gasteiger partial charge in [0.2, 0.25) is 0 Å². The van der Waals surface area contributed by atoms with Crippen LogP contribution in [0.25, 0.3) is 10.8 Å². The van der Waals surface area contributed by atoms with E-state index in [2.05, 4.69) is 30.3 Å². The summed E-state index contributed by atoms with van der Waals surface area (Å²) in [4.78, 5) is 0. The molecule has 3 heteroatoms. The number of furan rings is 1. The van der Waals surface area contributed by atoms with Crippen LogP contribution in [-0.4, -0.2) is 13.2 Å². The molecule has 1 atom stereocenters. The van der Waals surface area contributed by atoms with Crippen LogP contribution in [0, 0.1) is 0 Å². The van der Waals surface area contributed by atoms with Gasteiger partial charge in [-0.2, -0.15) is 0 Å². The lowest BCUT2D eigenvalue weighted by Gasteiger charge is -2.13. The van der Waals surface area contributed by atoms with Gasteiger partial charge in [-0.3, -0.25) is 0 Å². The molecule has 0 radical (unpaired) electrons. The first-order valence-corrected chi connectivity index (χ1v) is 7.08. The molecule has 3 rings (SSSR count). The molecule has 21 heavy (non-hydrogen) atoms. The molecule has 0 spiro atoms. The first kappa shape index (κ1) is 13.7. The predicted molar refractivity (Wildman–Crippen MR) is 84.6 cm³/mol. The smallest absolute Gasteiger partial charge is 0.119 e. The molecule has 0 aliphatic carbocycles. The van der Waals surface area contributed by atoms with Gasteiger partial charge in [-0.05, 0) is 52.9 Å². The van der Waals surface area contributed by atoms with E-state index in [0.29, 0.717) is 0 Å². The molecule has 0 fully saturated rings. The Labute approximate surface area is 124 Å². The molecule has 0 aliphatic heterocycles. The number of hydrogen-bond donors (Lipinski definition) is 1. The number of nitrogens with two attached hydrogens (primary N) is 1. The van der Waals surface area contributed by atoms with Crippen molar-refractivity contribution in [3.05, 3.63) is 66.1 Å². The molecule has 1 heterocycles. The highest BCUT2D eigenvalue weighted by atomic mass is 16.5. The van der Waals surface area contributed by atoms with Crippen LogP contribution in [0.4, 0.5) is 0 Å². The molecule has 0 saturated carbocycles. The van der Waals surface area contributed by atoms with E-state index >= 15 is 0 Å². The van der Waals surface area contributed by atoms with Gasteiger partial charge in [0, 0.05) is 6.04 Å². The fourth-order valence-electron chi connectivity index (χ4n) is 2.69. The SMILES string of the molecule is COc1ccc2cccc(CC(N)Cc3ccoc3)c2c1. The maximum absolute atomic E-state index is 6.29. The van der Waals surface area contributed by atoms with Gasteiger partial charge in [0.25, 0.3) is 0 Å². The highest BCUT2D eigenvalue weighted by Gasteiger charge is 2.09. The summed E-state index contributed by atoms with van der Waals surface area (Å²) in [5.41, 5.74) is 8.68. The lowest BCUT2D eigenvalue weighted by atomic mass is 9.96. The molecule has 2 aromatic carbocycles. The quantitative estimate of drug-likeness (QED) is 0.778. The zero-order chi connectivity index (χ0) is 14.7. The molecular formula is C18H19NO2. The summed E-state index contributed by atoms with van der Waals surface area (Å²) in [6.07, 6.45) is 5.09. The summed E-state index contributed by atoms with van der Waals surface area (Å²) in [5, 5.41) is 2.42. The summed E-state index contributed by atoms with van der Waals surface area (Å²) < 4.78 is 10.4. The molecule has 1 unspecified atom stereocenters. The summed E-state index contributed by atoms with van der Waals surface area (Å²) in [6.45, 7) is 0. The molecule has 1 aromatic heterocycles. The van der Waals surface area contributed by atoms with Gasteiger partial charge in [0.1, 0.15) is 5.75 Å². The zero-order valence-electron chi connectivity index (χ0n) is 12.1. The van der Waals surface area contributed by atoms with Crippen molar-refractivity contribution in [3.63, 3.8) is 0 Å². The van der Waals surface area contributed by atoms with Crippen LogP contribution in [0.1, 0.15) is 11.1 Å². The van der Waals surface area contributed by atoms with E-state index in [4.69, 9.17) is 14.9 Å². The number of benzene rings is 2. The number of hydrogen-bond acceptors (Lipinski definition) is 3. The first-order chi connectivity index (χ1) is 10.3. The van der Waals surface area contributed by atoms with Crippen LogP contribution in [0.5, 0.6) is 5.75 Å². The molecule has 2 N–H and O–H groups in total. The van der Waals surface area contributed by atoms with E-state index in [-0.39, 0.29) is 6.04 Å². The lowest BCUT2D eigenvalue weighted by molar-refractivity contribution is 0.415. The van der Waals surface area contributed by atoms with Crippen LogP contribution in [0.15, 0.2) is 59.4 Å². The Morgan fingerprint density at radius 3 is 2.81 bits per heavy atom. The maximum Gasteiger partial charge on any atom is 0.119 e. The van der Waals surface area contributed by atoms with Crippen LogP contribution in [0.2, 0.25) is 0 Å². The molecule has 0 amide bonds. The highest BCUT2D eigenvalue weighted by Crippen LogP contribution is 2.25.